The summed E-state index contributed by atoms with van der Waals surface area (Å²) in [5.74, 6) is 2.00. The van der Waals surface area contributed by atoms with Crippen LogP contribution in [-0.2, 0) is 9.47 Å². The van der Waals surface area contributed by atoms with Crippen LogP contribution in [0.25, 0.3) is 10.9 Å². The molecule has 2 aromatic heterocycles. The topological polar surface area (TPSA) is 115 Å². The van der Waals surface area contributed by atoms with E-state index in [-0.39, 0.29) is 35.5 Å². The minimum absolute atomic E-state index is 0.000198. The van der Waals surface area contributed by atoms with Crippen molar-refractivity contribution >= 4 is 40.2 Å². The highest BCUT2D eigenvalue weighted by Gasteiger charge is 2.45. The second-order valence-corrected chi connectivity index (χ2v) is 11.3. The predicted molar refractivity (Wildman–Crippen MR) is 137 cm³/mol. The van der Waals surface area contributed by atoms with E-state index in [4.69, 9.17) is 15.2 Å². The van der Waals surface area contributed by atoms with Crippen molar-refractivity contribution in [2.75, 3.05) is 37.1 Å². The fourth-order valence-corrected chi connectivity index (χ4v) is 7.40. The Kier molecular flexibility index (Phi) is 7.22. The molecule has 182 valence electrons. The molecule has 2 aliphatic rings. The number of aromatic amines is 1. The van der Waals surface area contributed by atoms with Crippen molar-refractivity contribution in [3.63, 3.8) is 0 Å². The summed E-state index contributed by atoms with van der Waals surface area (Å²) in [5.41, 5.74) is 7.50. The van der Waals surface area contributed by atoms with Crippen molar-refractivity contribution < 1.29 is 14.6 Å². The van der Waals surface area contributed by atoms with Gasteiger partial charge in [-0.25, -0.2) is 4.79 Å². The van der Waals surface area contributed by atoms with Crippen LogP contribution in [0.5, 0.6) is 0 Å². The SMILES string of the molecule is Nc1ccn(C(CCCC(c2c[nH]c3ccccc23)C2(CO)OCCS2)C2OCCS2)c(=O)n1. The van der Waals surface area contributed by atoms with E-state index in [2.05, 4.69) is 28.3 Å². The first-order valence-electron chi connectivity index (χ1n) is 11.6. The van der Waals surface area contributed by atoms with Gasteiger partial charge in [0.1, 0.15) is 16.2 Å². The van der Waals surface area contributed by atoms with Crippen LogP contribution in [-0.4, -0.2) is 61.3 Å². The van der Waals surface area contributed by atoms with E-state index in [1.807, 2.05) is 12.1 Å². The molecule has 2 fully saturated rings. The zero-order chi connectivity index (χ0) is 23.5. The Bertz CT molecular complexity index is 1170. The number of aliphatic hydroxyl groups is 1. The number of aromatic nitrogens is 3. The van der Waals surface area contributed by atoms with Crippen molar-refractivity contribution in [1.29, 1.82) is 0 Å². The number of nitrogens with zero attached hydrogens (tertiary/aromatic N) is 2. The molecule has 0 bridgehead atoms. The van der Waals surface area contributed by atoms with Crippen LogP contribution >= 0.6 is 23.5 Å². The van der Waals surface area contributed by atoms with E-state index in [1.165, 1.54) is 0 Å². The Morgan fingerprint density at radius 1 is 1.26 bits per heavy atom. The molecule has 0 saturated carbocycles. The maximum absolute atomic E-state index is 12.6. The highest BCUT2D eigenvalue weighted by atomic mass is 32.2. The number of nitrogens with two attached hydrogens (primary N) is 1. The molecule has 4 heterocycles. The average molecular weight is 503 g/mol. The Morgan fingerprint density at radius 3 is 2.88 bits per heavy atom. The van der Waals surface area contributed by atoms with Gasteiger partial charge in [0.25, 0.3) is 0 Å². The van der Waals surface area contributed by atoms with Gasteiger partial charge in [-0.15, -0.1) is 23.5 Å². The Labute approximate surface area is 206 Å². The molecule has 2 aliphatic heterocycles. The van der Waals surface area contributed by atoms with Gasteiger partial charge in [0, 0.05) is 40.7 Å². The Morgan fingerprint density at radius 2 is 2.15 bits per heavy atom. The molecule has 8 nitrogen and oxygen atoms in total. The van der Waals surface area contributed by atoms with Crippen molar-refractivity contribution in [3.8, 4) is 0 Å². The van der Waals surface area contributed by atoms with E-state index in [0.717, 1.165) is 47.2 Å². The monoisotopic (exact) mass is 502 g/mol. The molecule has 0 amide bonds. The standard InChI is InChI=1S/C24H30N4O4S2/c25-21-8-9-28(23(30)27-21)20(22-31-10-12-33-22)7-3-5-18(24(15-29)32-11-13-34-24)17-14-26-19-6-2-1-4-16(17)19/h1-2,4,6,8-9,14,18,20,22,26,29H,3,5,7,10-13,15H2,(H2,25,27,30). The number of hydrogen-bond donors (Lipinski definition) is 3. The number of benzene rings is 1. The van der Waals surface area contributed by atoms with E-state index in [1.54, 1.807) is 40.4 Å². The molecule has 1 aromatic carbocycles. The first-order valence-corrected chi connectivity index (χ1v) is 13.7. The molecule has 0 spiro atoms. The lowest BCUT2D eigenvalue weighted by atomic mass is 9.87. The van der Waals surface area contributed by atoms with E-state index >= 15 is 0 Å². The number of ether oxygens (including phenoxy) is 2. The molecule has 10 heteroatoms. The zero-order valence-corrected chi connectivity index (χ0v) is 20.5. The first kappa shape index (κ1) is 23.7. The molecule has 2 saturated heterocycles. The molecule has 4 unspecified atom stereocenters. The van der Waals surface area contributed by atoms with Gasteiger partial charge in [0.05, 0.1) is 25.9 Å². The number of thioether (sulfide) groups is 2. The number of rotatable bonds is 9. The van der Waals surface area contributed by atoms with Gasteiger partial charge in [-0.05, 0) is 30.5 Å². The summed E-state index contributed by atoms with van der Waals surface area (Å²) in [5, 5.41) is 11.6. The van der Waals surface area contributed by atoms with Crippen LogP contribution in [0.4, 0.5) is 5.82 Å². The van der Waals surface area contributed by atoms with Crippen molar-refractivity contribution in [2.24, 2.45) is 0 Å². The Balaban J connectivity index is 1.41. The quantitative estimate of drug-likeness (QED) is 0.408. The maximum Gasteiger partial charge on any atom is 0.349 e. The predicted octanol–water partition coefficient (Wildman–Crippen LogP) is 3.34. The second-order valence-electron chi connectivity index (χ2n) is 8.66. The number of hydrogen-bond acceptors (Lipinski definition) is 8. The number of nitrogen functional groups attached to an aromatic ring is 1. The maximum atomic E-state index is 12.6. The van der Waals surface area contributed by atoms with Crippen LogP contribution < -0.4 is 11.4 Å². The molecule has 5 rings (SSSR count). The lowest BCUT2D eigenvalue weighted by Gasteiger charge is -2.35. The van der Waals surface area contributed by atoms with E-state index < -0.39 is 4.93 Å². The summed E-state index contributed by atoms with van der Waals surface area (Å²) in [7, 11) is 0. The fraction of sp³-hybridized carbons (Fsp3) is 0.500. The molecular formula is C24H30N4O4S2. The number of anilines is 1. The van der Waals surface area contributed by atoms with E-state index in [9.17, 15) is 9.90 Å². The third kappa shape index (κ3) is 4.61. The van der Waals surface area contributed by atoms with Gasteiger partial charge in [-0.3, -0.25) is 4.57 Å². The summed E-state index contributed by atoms with van der Waals surface area (Å²) in [6, 6.07) is 9.75. The normalized spacial score (nSPS) is 24.6. The Hall–Kier alpha value is -1.98. The van der Waals surface area contributed by atoms with Crippen LogP contribution in [0.1, 0.15) is 36.8 Å². The van der Waals surface area contributed by atoms with Crippen LogP contribution in [0.15, 0.2) is 47.5 Å². The lowest BCUT2D eigenvalue weighted by Crippen LogP contribution is -2.37. The van der Waals surface area contributed by atoms with Crippen LogP contribution in [0.2, 0.25) is 0 Å². The zero-order valence-electron chi connectivity index (χ0n) is 18.9. The minimum Gasteiger partial charge on any atom is -0.392 e. The number of aliphatic hydroxyl groups excluding tert-OH is 1. The third-order valence-electron chi connectivity index (χ3n) is 6.69. The van der Waals surface area contributed by atoms with Crippen molar-refractivity contribution in [2.45, 2.75) is 41.6 Å². The number of fused-ring (bicyclic) bond motifs is 1. The van der Waals surface area contributed by atoms with E-state index in [0.29, 0.717) is 13.2 Å². The smallest absolute Gasteiger partial charge is 0.349 e. The van der Waals surface area contributed by atoms with Crippen molar-refractivity contribution in [3.05, 3.63) is 58.8 Å². The summed E-state index contributed by atoms with van der Waals surface area (Å²) in [6.07, 6.45) is 6.16. The molecule has 4 atom stereocenters. The summed E-state index contributed by atoms with van der Waals surface area (Å²) in [6.45, 7) is 1.26. The second kappa shape index (κ2) is 10.3. The van der Waals surface area contributed by atoms with Crippen molar-refractivity contribution in [1.82, 2.24) is 14.5 Å². The summed E-state index contributed by atoms with van der Waals surface area (Å²) < 4.78 is 13.8. The van der Waals surface area contributed by atoms with Crippen LogP contribution in [0, 0.1) is 0 Å². The minimum atomic E-state index is -0.668. The largest absolute Gasteiger partial charge is 0.392 e. The molecule has 34 heavy (non-hydrogen) atoms. The number of para-hydroxylation sites is 1. The van der Waals surface area contributed by atoms with Gasteiger partial charge in [0.2, 0.25) is 0 Å². The molecule has 0 radical (unpaired) electrons. The fourth-order valence-electron chi connectivity index (χ4n) is 5.08. The molecule has 0 aliphatic carbocycles. The molecule has 3 aromatic rings. The number of H-pyrrole nitrogens is 1. The summed E-state index contributed by atoms with van der Waals surface area (Å²) in [4.78, 5) is 19.3. The average Bonchev–Trinajstić information content (AvgIpc) is 3.62. The van der Waals surface area contributed by atoms with Gasteiger partial charge < -0.3 is 25.3 Å². The highest BCUT2D eigenvalue weighted by Crippen LogP contribution is 2.48. The highest BCUT2D eigenvalue weighted by molar-refractivity contribution is 8.00. The molecule has 4 N–H and O–H groups in total. The van der Waals surface area contributed by atoms with Gasteiger partial charge in [-0.1, -0.05) is 24.6 Å². The van der Waals surface area contributed by atoms with Crippen LogP contribution in [0.3, 0.4) is 0 Å². The third-order valence-corrected chi connectivity index (χ3v) is 9.26. The number of nitrogens with one attached hydrogen (secondary N) is 1. The van der Waals surface area contributed by atoms with Gasteiger partial charge in [0.15, 0.2) is 0 Å². The first-order chi connectivity index (χ1) is 16.6. The lowest BCUT2D eigenvalue weighted by molar-refractivity contribution is -0.0135. The van der Waals surface area contributed by atoms with Gasteiger partial charge in [-0.2, -0.15) is 4.98 Å². The summed E-state index contributed by atoms with van der Waals surface area (Å²) >= 11 is 3.43. The molecular weight excluding hydrogens is 472 g/mol. The van der Waals surface area contributed by atoms with Gasteiger partial charge >= 0.3 is 5.69 Å².